The standard InChI is InChI=1S/C17H22INOS/c1-15-4-11-5-16(2,8-15)10-17(6-11,9-15)19-14(20)12-3-13(18)21-7-12/h3,7,11H,4-6,8-10H2,1-2H3,(H,19,20). The molecule has 4 fully saturated rings. The minimum atomic E-state index is 0.0629. The van der Waals surface area contributed by atoms with Crippen molar-refractivity contribution in [2.45, 2.75) is 57.9 Å². The summed E-state index contributed by atoms with van der Waals surface area (Å²) in [5, 5.41) is 5.46. The molecule has 0 spiro atoms. The summed E-state index contributed by atoms with van der Waals surface area (Å²) in [6, 6.07) is 2.00. The highest BCUT2D eigenvalue weighted by Crippen LogP contribution is 2.66. The Morgan fingerprint density at radius 1 is 1.24 bits per heavy atom. The highest BCUT2D eigenvalue weighted by Gasteiger charge is 2.60. The van der Waals surface area contributed by atoms with Gasteiger partial charge in [-0.25, -0.2) is 0 Å². The predicted octanol–water partition coefficient (Wildman–Crippen LogP) is 4.83. The largest absolute Gasteiger partial charge is 0.347 e. The Bertz CT molecular complexity index is 592. The number of hydrogen-bond acceptors (Lipinski definition) is 2. The minimum absolute atomic E-state index is 0.0629. The van der Waals surface area contributed by atoms with Gasteiger partial charge in [0.25, 0.3) is 5.91 Å². The highest BCUT2D eigenvalue weighted by molar-refractivity contribution is 14.1. The summed E-state index contributed by atoms with van der Waals surface area (Å²) >= 11 is 3.93. The number of hydrogen-bond donors (Lipinski definition) is 1. The van der Waals surface area contributed by atoms with Crippen LogP contribution in [0.5, 0.6) is 0 Å². The van der Waals surface area contributed by atoms with E-state index in [1.807, 2.05) is 11.4 Å². The molecule has 1 aromatic rings. The van der Waals surface area contributed by atoms with Gasteiger partial charge in [-0.2, -0.15) is 0 Å². The van der Waals surface area contributed by atoms with Gasteiger partial charge < -0.3 is 5.32 Å². The first-order chi connectivity index (χ1) is 9.79. The Balaban J connectivity index is 1.61. The second kappa shape index (κ2) is 4.47. The fourth-order valence-electron chi connectivity index (χ4n) is 6.33. The second-order valence-corrected chi connectivity index (χ2v) is 11.3. The first-order valence-corrected chi connectivity index (χ1v) is 9.81. The van der Waals surface area contributed by atoms with Crippen molar-refractivity contribution >= 4 is 39.8 Å². The molecule has 4 heteroatoms. The van der Waals surface area contributed by atoms with Crippen molar-refractivity contribution in [1.82, 2.24) is 5.32 Å². The van der Waals surface area contributed by atoms with Crippen molar-refractivity contribution in [2.24, 2.45) is 16.7 Å². The molecule has 5 rings (SSSR count). The molecule has 1 amide bonds. The average molecular weight is 415 g/mol. The van der Waals surface area contributed by atoms with Gasteiger partial charge in [0.15, 0.2) is 0 Å². The third-order valence-electron chi connectivity index (χ3n) is 5.83. The number of halogens is 1. The zero-order chi connectivity index (χ0) is 14.9. The number of thiophene rings is 1. The van der Waals surface area contributed by atoms with Crippen LogP contribution >= 0.6 is 33.9 Å². The molecule has 21 heavy (non-hydrogen) atoms. The van der Waals surface area contributed by atoms with E-state index in [1.54, 1.807) is 11.3 Å². The van der Waals surface area contributed by atoms with Crippen molar-refractivity contribution in [3.05, 3.63) is 19.9 Å². The lowest BCUT2D eigenvalue weighted by molar-refractivity contribution is -0.114. The van der Waals surface area contributed by atoms with Gasteiger partial charge in [0, 0.05) is 10.9 Å². The lowest BCUT2D eigenvalue weighted by atomic mass is 9.43. The number of carbonyl (C=O) groups is 1. The molecule has 4 aliphatic rings. The first kappa shape index (κ1) is 14.5. The average Bonchev–Trinajstić information content (AvgIpc) is 2.70. The molecule has 2 nitrogen and oxygen atoms in total. The number of amides is 1. The Morgan fingerprint density at radius 2 is 1.90 bits per heavy atom. The molecule has 2 unspecified atom stereocenters. The van der Waals surface area contributed by atoms with Crippen LogP contribution in [0.15, 0.2) is 11.4 Å². The molecule has 2 atom stereocenters. The van der Waals surface area contributed by atoms with Crippen LogP contribution < -0.4 is 5.32 Å². The molecule has 1 N–H and O–H groups in total. The smallest absolute Gasteiger partial charge is 0.252 e. The van der Waals surface area contributed by atoms with E-state index in [0.717, 1.165) is 11.5 Å². The van der Waals surface area contributed by atoms with Crippen LogP contribution in [0.25, 0.3) is 0 Å². The number of nitrogens with one attached hydrogen (secondary N) is 1. The molecule has 4 saturated carbocycles. The van der Waals surface area contributed by atoms with E-state index in [4.69, 9.17) is 0 Å². The first-order valence-electron chi connectivity index (χ1n) is 7.86. The zero-order valence-corrected chi connectivity index (χ0v) is 15.6. The molecular formula is C17H22INOS. The van der Waals surface area contributed by atoms with Crippen molar-refractivity contribution in [2.75, 3.05) is 0 Å². The highest BCUT2D eigenvalue weighted by atomic mass is 127. The van der Waals surface area contributed by atoms with Crippen molar-refractivity contribution in [3.63, 3.8) is 0 Å². The molecule has 4 aliphatic carbocycles. The third-order valence-corrected chi connectivity index (χ3v) is 7.62. The fraction of sp³-hybridized carbons (Fsp3) is 0.706. The van der Waals surface area contributed by atoms with Crippen LogP contribution in [0.3, 0.4) is 0 Å². The van der Waals surface area contributed by atoms with Crippen LogP contribution in [-0.4, -0.2) is 11.4 Å². The predicted molar refractivity (Wildman–Crippen MR) is 94.6 cm³/mol. The van der Waals surface area contributed by atoms with E-state index in [9.17, 15) is 4.79 Å². The van der Waals surface area contributed by atoms with Gasteiger partial charge in [0.1, 0.15) is 0 Å². The Hall–Kier alpha value is -0.100. The maximum atomic E-state index is 12.6. The normalized spacial score (nSPS) is 44.0. The van der Waals surface area contributed by atoms with Gasteiger partial charge in [0.2, 0.25) is 0 Å². The Kier molecular flexibility index (Phi) is 3.08. The summed E-state index contributed by atoms with van der Waals surface area (Å²) in [4.78, 5) is 12.6. The van der Waals surface area contributed by atoms with E-state index in [-0.39, 0.29) is 11.4 Å². The molecule has 1 heterocycles. The summed E-state index contributed by atoms with van der Waals surface area (Å²) in [5.41, 5.74) is 1.80. The van der Waals surface area contributed by atoms with E-state index in [2.05, 4.69) is 41.8 Å². The molecular weight excluding hydrogens is 393 g/mol. The molecule has 0 radical (unpaired) electrons. The van der Waals surface area contributed by atoms with E-state index in [0.29, 0.717) is 10.8 Å². The van der Waals surface area contributed by atoms with Gasteiger partial charge in [0.05, 0.1) is 8.45 Å². The molecule has 0 aromatic carbocycles. The number of rotatable bonds is 2. The summed E-state index contributed by atoms with van der Waals surface area (Å²) < 4.78 is 1.18. The third kappa shape index (κ3) is 2.46. The van der Waals surface area contributed by atoms with Crippen LogP contribution in [0.4, 0.5) is 0 Å². The maximum absolute atomic E-state index is 12.6. The van der Waals surface area contributed by atoms with Crippen LogP contribution in [0.2, 0.25) is 0 Å². The van der Waals surface area contributed by atoms with Gasteiger partial charge in [-0.15, -0.1) is 11.3 Å². The lowest BCUT2D eigenvalue weighted by Gasteiger charge is -2.65. The van der Waals surface area contributed by atoms with E-state index in [1.165, 1.54) is 41.4 Å². The molecule has 1 aromatic heterocycles. The van der Waals surface area contributed by atoms with Gasteiger partial charge in [-0.05, 0) is 83.9 Å². The van der Waals surface area contributed by atoms with E-state index < -0.39 is 0 Å². The monoisotopic (exact) mass is 415 g/mol. The van der Waals surface area contributed by atoms with Gasteiger partial charge in [-0.3, -0.25) is 4.79 Å². The molecule has 114 valence electrons. The quantitative estimate of drug-likeness (QED) is 0.689. The zero-order valence-electron chi connectivity index (χ0n) is 12.7. The molecule has 0 saturated heterocycles. The maximum Gasteiger partial charge on any atom is 0.252 e. The molecule has 4 bridgehead atoms. The van der Waals surface area contributed by atoms with Crippen molar-refractivity contribution in [1.29, 1.82) is 0 Å². The van der Waals surface area contributed by atoms with Crippen LogP contribution in [-0.2, 0) is 0 Å². The minimum Gasteiger partial charge on any atom is -0.347 e. The fourth-order valence-corrected chi connectivity index (χ4v) is 7.66. The van der Waals surface area contributed by atoms with Crippen molar-refractivity contribution in [3.8, 4) is 0 Å². The van der Waals surface area contributed by atoms with Crippen molar-refractivity contribution < 1.29 is 4.79 Å². The van der Waals surface area contributed by atoms with Gasteiger partial charge in [-0.1, -0.05) is 13.8 Å². The summed E-state index contributed by atoms with van der Waals surface area (Å²) in [6.07, 6.45) is 7.65. The van der Waals surface area contributed by atoms with Gasteiger partial charge >= 0.3 is 0 Å². The summed E-state index contributed by atoms with van der Waals surface area (Å²) in [5.74, 6) is 0.961. The lowest BCUT2D eigenvalue weighted by Crippen LogP contribution is -2.65. The van der Waals surface area contributed by atoms with E-state index >= 15 is 0 Å². The Labute approximate surface area is 144 Å². The van der Waals surface area contributed by atoms with Crippen LogP contribution in [0, 0.1) is 19.6 Å². The second-order valence-electron chi connectivity index (χ2n) is 8.50. The molecule has 0 aliphatic heterocycles. The van der Waals surface area contributed by atoms with Crippen LogP contribution in [0.1, 0.15) is 62.7 Å². The topological polar surface area (TPSA) is 29.1 Å². The Morgan fingerprint density at radius 3 is 2.43 bits per heavy atom. The number of carbonyl (C=O) groups excluding carboxylic acids is 1. The summed E-state index contributed by atoms with van der Waals surface area (Å²) in [7, 11) is 0. The SMILES string of the molecule is CC12CC3CC(C)(C1)CC(NC(=O)c1csc(I)c1)(C3)C2. The summed E-state index contributed by atoms with van der Waals surface area (Å²) in [6.45, 7) is 4.90.